The van der Waals surface area contributed by atoms with Crippen LogP contribution in [0.5, 0.6) is 5.75 Å². The smallest absolute Gasteiger partial charge is 0.362 e. The molecule has 0 aromatic heterocycles. The standard InChI is InChI=1S/C8H10O4S/c1-6-3-4-7(2)8(5-6)12-13(9,10)11/h3-5H,1-2H3,(H,9,10,11). The van der Waals surface area contributed by atoms with E-state index < -0.39 is 10.4 Å². The van der Waals surface area contributed by atoms with Crippen LogP contribution in [-0.4, -0.2) is 13.0 Å². The van der Waals surface area contributed by atoms with Crippen molar-refractivity contribution in [1.29, 1.82) is 0 Å². The Hall–Kier alpha value is -1.07. The third-order valence-electron chi connectivity index (χ3n) is 1.54. The van der Waals surface area contributed by atoms with E-state index in [1.165, 1.54) is 0 Å². The molecule has 4 nitrogen and oxygen atoms in total. The lowest BCUT2D eigenvalue weighted by atomic mass is 10.1. The van der Waals surface area contributed by atoms with Gasteiger partial charge in [-0.1, -0.05) is 12.1 Å². The molecule has 0 bridgehead atoms. The first-order chi connectivity index (χ1) is 5.88. The molecule has 0 atom stereocenters. The number of rotatable bonds is 2. The topological polar surface area (TPSA) is 63.6 Å². The van der Waals surface area contributed by atoms with E-state index in [-0.39, 0.29) is 5.75 Å². The molecular weight excluding hydrogens is 192 g/mol. The molecule has 0 unspecified atom stereocenters. The second-order valence-electron chi connectivity index (χ2n) is 2.78. The summed E-state index contributed by atoms with van der Waals surface area (Å²) in [5, 5.41) is 0. The molecule has 0 aliphatic rings. The molecule has 13 heavy (non-hydrogen) atoms. The summed E-state index contributed by atoms with van der Waals surface area (Å²) in [4.78, 5) is 0. The predicted molar refractivity (Wildman–Crippen MR) is 48.1 cm³/mol. The van der Waals surface area contributed by atoms with Gasteiger partial charge in [0, 0.05) is 0 Å². The van der Waals surface area contributed by atoms with Crippen molar-refractivity contribution >= 4 is 10.4 Å². The zero-order valence-electron chi connectivity index (χ0n) is 7.31. The molecule has 72 valence electrons. The zero-order chi connectivity index (χ0) is 10.1. The van der Waals surface area contributed by atoms with E-state index in [1.807, 2.05) is 6.07 Å². The van der Waals surface area contributed by atoms with E-state index in [1.54, 1.807) is 26.0 Å². The van der Waals surface area contributed by atoms with Gasteiger partial charge in [0.1, 0.15) is 5.75 Å². The van der Waals surface area contributed by atoms with Crippen LogP contribution >= 0.6 is 0 Å². The van der Waals surface area contributed by atoms with E-state index in [2.05, 4.69) is 4.18 Å². The average Bonchev–Trinajstić information content (AvgIpc) is 1.94. The summed E-state index contributed by atoms with van der Waals surface area (Å²) in [6.07, 6.45) is 0. The SMILES string of the molecule is Cc1ccc(C)c(OS(=O)(=O)O)c1. The monoisotopic (exact) mass is 202 g/mol. The lowest BCUT2D eigenvalue weighted by Crippen LogP contribution is -2.07. The van der Waals surface area contributed by atoms with Crippen LogP contribution in [0.3, 0.4) is 0 Å². The van der Waals surface area contributed by atoms with Crippen molar-refractivity contribution < 1.29 is 17.2 Å². The molecule has 0 spiro atoms. The van der Waals surface area contributed by atoms with Crippen LogP contribution < -0.4 is 4.18 Å². The molecule has 1 rings (SSSR count). The fraction of sp³-hybridized carbons (Fsp3) is 0.250. The summed E-state index contributed by atoms with van der Waals surface area (Å²) in [5.41, 5.74) is 1.52. The Kier molecular flexibility index (Phi) is 2.58. The highest BCUT2D eigenvalue weighted by molar-refractivity contribution is 7.81. The van der Waals surface area contributed by atoms with Crippen molar-refractivity contribution in [3.05, 3.63) is 29.3 Å². The highest BCUT2D eigenvalue weighted by atomic mass is 32.3. The zero-order valence-corrected chi connectivity index (χ0v) is 8.13. The van der Waals surface area contributed by atoms with Crippen LogP contribution in [0.2, 0.25) is 0 Å². The van der Waals surface area contributed by atoms with Crippen LogP contribution in [0.1, 0.15) is 11.1 Å². The van der Waals surface area contributed by atoms with Crippen molar-refractivity contribution in [2.45, 2.75) is 13.8 Å². The van der Waals surface area contributed by atoms with E-state index in [9.17, 15) is 8.42 Å². The van der Waals surface area contributed by atoms with Crippen molar-refractivity contribution in [1.82, 2.24) is 0 Å². The third-order valence-corrected chi connectivity index (χ3v) is 1.93. The Morgan fingerprint density at radius 1 is 1.31 bits per heavy atom. The van der Waals surface area contributed by atoms with Crippen LogP contribution in [0.4, 0.5) is 0 Å². The maximum absolute atomic E-state index is 10.4. The van der Waals surface area contributed by atoms with Gasteiger partial charge >= 0.3 is 10.4 Å². The number of hydrogen-bond acceptors (Lipinski definition) is 3. The first kappa shape index (κ1) is 10.0. The molecule has 0 saturated heterocycles. The molecule has 0 aliphatic carbocycles. The first-order valence-corrected chi connectivity index (χ1v) is 4.99. The van der Waals surface area contributed by atoms with Crippen LogP contribution in [0.25, 0.3) is 0 Å². The Bertz CT molecular complexity index is 408. The van der Waals surface area contributed by atoms with Gasteiger partial charge in [-0.2, -0.15) is 8.42 Å². The normalized spacial score (nSPS) is 11.3. The van der Waals surface area contributed by atoms with Crippen molar-refractivity contribution in [2.75, 3.05) is 0 Å². The molecule has 0 fully saturated rings. The summed E-state index contributed by atoms with van der Waals surface area (Å²) < 4.78 is 33.6. The number of hydrogen-bond donors (Lipinski definition) is 1. The lowest BCUT2D eigenvalue weighted by Gasteiger charge is -2.05. The fourth-order valence-electron chi connectivity index (χ4n) is 0.911. The van der Waals surface area contributed by atoms with Crippen molar-refractivity contribution in [2.24, 2.45) is 0 Å². The largest absolute Gasteiger partial charge is 0.446 e. The highest BCUT2D eigenvalue weighted by Crippen LogP contribution is 2.20. The predicted octanol–water partition coefficient (Wildman–Crippen LogP) is 1.49. The molecule has 5 heteroatoms. The molecule has 1 N–H and O–H groups in total. The van der Waals surface area contributed by atoms with Gasteiger partial charge in [-0.05, 0) is 31.0 Å². The van der Waals surface area contributed by atoms with Gasteiger partial charge in [-0.3, -0.25) is 4.55 Å². The molecule has 1 aromatic carbocycles. The first-order valence-electron chi connectivity index (χ1n) is 3.62. The molecule has 0 aliphatic heterocycles. The second-order valence-corrected chi connectivity index (χ2v) is 3.80. The molecule has 0 radical (unpaired) electrons. The van der Waals surface area contributed by atoms with Crippen LogP contribution in [0, 0.1) is 13.8 Å². The quantitative estimate of drug-likeness (QED) is 0.738. The Morgan fingerprint density at radius 3 is 2.46 bits per heavy atom. The summed E-state index contributed by atoms with van der Waals surface area (Å²) in [6, 6.07) is 5.09. The minimum absolute atomic E-state index is 0.155. The summed E-state index contributed by atoms with van der Waals surface area (Å²) >= 11 is 0. The molecule has 0 heterocycles. The maximum atomic E-state index is 10.4. The van der Waals surface area contributed by atoms with Crippen molar-refractivity contribution in [3.8, 4) is 5.75 Å². The van der Waals surface area contributed by atoms with E-state index >= 15 is 0 Å². The summed E-state index contributed by atoms with van der Waals surface area (Å²) in [7, 11) is -4.42. The van der Waals surface area contributed by atoms with Gasteiger partial charge in [-0.15, -0.1) is 0 Å². The summed E-state index contributed by atoms with van der Waals surface area (Å²) in [6.45, 7) is 3.50. The lowest BCUT2D eigenvalue weighted by molar-refractivity contribution is 0.385. The van der Waals surface area contributed by atoms with Gasteiger partial charge in [0.25, 0.3) is 0 Å². The fourth-order valence-corrected chi connectivity index (χ4v) is 1.32. The molecule has 1 aromatic rings. The molecule has 0 saturated carbocycles. The van der Waals surface area contributed by atoms with Crippen LogP contribution in [0.15, 0.2) is 18.2 Å². The van der Waals surface area contributed by atoms with E-state index in [4.69, 9.17) is 4.55 Å². The van der Waals surface area contributed by atoms with E-state index in [0.29, 0.717) is 5.56 Å². The number of benzene rings is 1. The number of aryl methyl sites for hydroxylation is 2. The Labute approximate surface area is 77.1 Å². The van der Waals surface area contributed by atoms with Gasteiger partial charge in [-0.25, -0.2) is 0 Å². The third kappa shape index (κ3) is 3.04. The Morgan fingerprint density at radius 2 is 1.92 bits per heavy atom. The van der Waals surface area contributed by atoms with Gasteiger partial charge in [0.2, 0.25) is 0 Å². The van der Waals surface area contributed by atoms with Gasteiger partial charge in [0.05, 0.1) is 0 Å². The minimum Gasteiger partial charge on any atom is -0.362 e. The second kappa shape index (κ2) is 3.35. The van der Waals surface area contributed by atoms with Gasteiger partial charge < -0.3 is 4.18 Å². The molecular formula is C8H10O4S. The Balaban J connectivity index is 3.08. The minimum atomic E-state index is -4.42. The molecule has 0 amide bonds. The maximum Gasteiger partial charge on any atom is 0.446 e. The van der Waals surface area contributed by atoms with Gasteiger partial charge in [0.15, 0.2) is 0 Å². The van der Waals surface area contributed by atoms with Crippen LogP contribution in [-0.2, 0) is 10.4 Å². The average molecular weight is 202 g/mol. The highest BCUT2D eigenvalue weighted by Gasteiger charge is 2.08. The van der Waals surface area contributed by atoms with Crippen molar-refractivity contribution in [3.63, 3.8) is 0 Å². The summed E-state index contributed by atoms with van der Waals surface area (Å²) in [5.74, 6) is 0.155. The van der Waals surface area contributed by atoms with E-state index in [0.717, 1.165) is 5.56 Å².